The maximum absolute atomic E-state index is 12.4. The molecule has 0 aliphatic heterocycles. The molecule has 114 valence electrons. The van der Waals surface area contributed by atoms with Crippen molar-refractivity contribution < 1.29 is 19.5 Å². The first-order valence-corrected chi connectivity index (χ1v) is 7.48. The molecule has 0 fully saturated rings. The van der Waals surface area contributed by atoms with Crippen molar-refractivity contribution in [1.82, 2.24) is 0 Å². The smallest absolute Gasteiger partial charge is 0.326 e. The maximum Gasteiger partial charge on any atom is 0.326 e. The minimum absolute atomic E-state index is 0.0687. The molecule has 1 atom stereocenters. The van der Waals surface area contributed by atoms with Gasteiger partial charge in [-0.05, 0) is 31.9 Å². The molecule has 0 bridgehead atoms. The number of hydrogen-bond acceptors (Lipinski definition) is 4. The van der Waals surface area contributed by atoms with E-state index in [2.05, 4.69) is 0 Å². The number of aliphatic carboxylic acids is 1. The molecular formula is C15H19NO4S. The Balaban J connectivity index is 3.23. The van der Waals surface area contributed by atoms with E-state index >= 15 is 0 Å². The fraction of sp³-hybridized carbons (Fsp3) is 0.400. The number of benzene rings is 1. The SMILES string of the molecule is CC(=O)SCC(=O)N(c1c(C)cccc1C)C(C)C(=O)O. The second-order valence-electron chi connectivity index (χ2n) is 4.80. The van der Waals surface area contributed by atoms with Crippen molar-refractivity contribution in [2.24, 2.45) is 0 Å². The molecule has 0 spiro atoms. The molecule has 1 aromatic carbocycles. The van der Waals surface area contributed by atoms with Gasteiger partial charge in [0.25, 0.3) is 0 Å². The largest absolute Gasteiger partial charge is 0.480 e. The number of nitrogens with zero attached hydrogens (tertiary/aromatic N) is 1. The molecule has 1 amide bonds. The van der Waals surface area contributed by atoms with E-state index < -0.39 is 12.0 Å². The number of carbonyl (C=O) groups excluding carboxylic acids is 2. The lowest BCUT2D eigenvalue weighted by atomic mass is 10.1. The van der Waals surface area contributed by atoms with Crippen molar-refractivity contribution in [2.75, 3.05) is 10.7 Å². The molecule has 0 aliphatic rings. The van der Waals surface area contributed by atoms with Gasteiger partial charge in [0.1, 0.15) is 6.04 Å². The fourth-order valence-corrected chi connectivity index (χ4v) is 2.53. The average Bonchev–Trinajstić information content (AvgIpc) is 2.39. The Bertz CT molecular complexity index is 551. The van der Waals surface area contributed by atoms with Crippen molar-refractivity contribution in [3.8, 4) is 0 Å². The molecule has 0 saturated carbocycles. The van der Waals surface area contributed by atoms with Crippen LogP contribution in [0.4, 0.5) is 5.69 Å². The summed E-state index contributed by atoms with van der Waals surface area (Å²) in [6.45, 7) is 6.50. The minimum Gasteiger partial charge on any atom is -0.480 e. The number of para-hydroxylation sites is 1. The summed E-state index contributed by atoms with van der Waals surface area (Å²) < 4.78 is 0. The third-order valence-electron chi connectivity index (χ3n) is 3.09. The number of carboxylic acid groups (broad SMARTS) is 1. The summed E-state index contributed by atoms with van der Waals surface area (Å²) in [7, 11) is 0. The van der Waals surface area contributed by atoms with Gasteiger partial charge in [0.05, 0.1) is 11.4 Å². The van der Waals surface area contributed by atoms with Gasteiger partial charge in [-0.1, -0.05) is 30.0 Å². The number of amides is 1. The first-order valence-electron chi connectivity index (χ1n) is 6.50. The van der Waals surface area contributed by atoms with Gasteiger partial charge >= 0.3 is 5.97 Å². The number of carbonyl (C=O) groups is 3. The summed E-state index contributed by atoms with van der Waals surface area (Å²) in [5.41, 5.74) is 2.25. The lowest BCUT2D eigenvalue weighted by Gasteiger charge is -2.29. The normalized spacial score (nSPS) is 11.8. The van der Waals surface area contributed by atoms with Gasteiger partial charge in [-0.15, -0.1) is 0 Å². The second-order valence-corrected chi connectivity index (χ2v) is 5.95. The first-order chi connectivity index (χ1) is 9.75. The molecule has 0 heterocycles. The summed E-state index contributed by atoms with van der Waals surface area (Å²) in [6.07, 6.45) is 0. The van der Waals surface area contributed by atoms with Crippen molar-refractivity contribution in [2.45, 2.75) is 33.7 Å². The molecule has 0 aliphatic carbocycles. The monoisotopic (exact) mass is 309 g/mol. The van der Waals surface area contributed by atoms with Crippen LogP contribution in [-0.2, 0) is 14.4 Å². The average molecular weight is 309 g/mol. The standard InChI is InChI=1S/C15H19NO4S/c1-9-6-5-7-10(2)14(9)16(11(3)15(19)20)13(18)8-21-12(4)17/h5-7,11H,8H2,1-4H3,(H,19,20). The summed E-state index contributed by atoms with van der Waals surface area (Å²) >= 11 is 0.880. The molecule has 1 N–H and O–H groups in total. The fourth-order valence-electron chi connectivity index (χ4n) is 2.06. The van der Waals surface area contributed by atoms with Gasteiger partial charge in [-0.3, -0.25) is 14.5 Å². The van der Waals surface area contributed by atoms with E-state index in [4.69, 9.17) is 0 Å². The van der Waals surface area contributed by atoms with Crippen LogP contribution in [0, 0.1) is 13.8 Å². The topological polar surface area (TPSA) is 74.7 Å². The van der Waals surface area contributed by atoms with E-state index in [-0.39, 0.29) is 16.8 Å². The molecular weight excluding hydrogens is 290 g/mol. The Kier molecular flexibility index (Phi) is 5.96. The van der Waals surface area contributed by atoms with Crippen LogP contribution in [0.25, 0.3) is 0 Å². The van der Waals surface area contributed by atoms with Gasteiger partial charge in [0.15, 0.2) is 5.12 Å². The number of hydrogen-bond donors (Lipinski definition) is 1. The zero-order valence-electron chi connectivity index (χ0n) is 12.5. The third-order valence-corrected chi connectivity index (χ3v) is 3.89. The highest BCUT2D eigenvalue weighted by atomic mass is 32.2. The highest BCUT2D eigenvalue weighted by Gasteiger charge is 2.29. The van der Waals surface area contributed by atoms with E-state index in [1.807, 2.05) is 32.0 Å². The van der Waals surface area contributed by atoms with Gasteiger partial charge < -0.3 is 5.11 Å². The predicted molar refractivity (Wildman–Crippen MR) is 83.6 cm³/mol. The van der Waals surface area contributed by atoms with Crippen LogP contribution in [0.5, 0.6) is 0 Å². The Labute approximate surface area is 128 Å². The van der Waals surface area contributed by atoms with Crippen LogP contribution in [0.1, 0.15) is 25.0 Å². The summed E-state index contributed by atoms with van der Waals surface area (Å²) in [4.78, 5) is 36.0. The highest BCUT2D eigenvalue weighted by molar-refractivity contribution is 8.14. The zero-order chi connectivity index (χ0) is 16.2. The number of anilines is 1. The molecule has 1 rings (SSSR count). The Hall–Kier alpha value is -1.82. The third kappa shape index (κ3) is 4.32. The quantitative estimate of drug-likeness (QED) is 0.904. The predicted octanol–water partition coefficient (Wildman–Crippen LogP) is 2.39. The van der Waals surface area contributed by atoms with E-state index in [9.17, 15) is 19.5 Å². The van der Waals surface area contributed by atoms with Crippen molar-refractivity contribution in [1.29, 1.82) is 0 Å². The Morgan fingerprint density at radius 2 is 1.76 bits per heavy atom. The van der Waals surface area contributed by atoms with E-state index in [1.165, 1.54) is 18.7 Å². The summed E-state index contributed by atoms with van der Waals surface area (Å²) in [6, 6.07) is 4.52. The van der Waals surface area contributed by atoms with Crippen molar-refractivity contribution in [3.05, 3.63) is 29.3 Å². The lowest BCUT2D eigenvalue weighted by molar-refractivity contribution is -0.139. The van der Waals surface area contributed by atoms with Crippen molar-refractivity contribution in [3.63, 3.8) is 0 Å². The second kappa shape index (κ2) is 7.26. The molecule has 6 heteroatoms. The highest BCUT2D eigenvalue weighted by Crippen LogP contribution is 2.27. The van der Waals surface area contributed by atoms with Gasteiger partial charge in [0.2, 0.25) is 5.91 Å². The van der Waals surface area contributed by atoms with Gasteiger partial charge in [-0.25, -0.2) is 4.79 Å². The maximum atomic E-state index is 12.4. The van der Waals surface area contributed by atoms with Crippen LogP contribution in [0.15, 0.2) is 18.2 Å². The molecule has 0 aromatic heterocycles. The molecule has 1 unspecified atom stereocenters. The van der Waals surface area contributed by atoms with Crippen LogP contribution in [0.2, 0.25) is 0 Å². The van der Waals surface area contributed by atoms with Gasteiger partial charge in [-0.2, -0.15) is 0 Å². The molecule has 1 aromatic rings. The molecule has 0 saturated heterocycles. The van der Waals surface area contributed by atoms with E-state index in [0.717, 1.165) is 22.9 Å². The van der Waals surface area contributed by atoms with Gasteiger partial charge in [0, 0.05) is 6.92 Å². The van der Waals surface area contributed by atoms with E-state index in [0.29, 0.717) is 5.69 Å². The van der Waals surface area contributed by atoms with Crippen LogP contribution < -0.4 is 4.90 Å². The Morgan fingerprint density at radius 3 is 2.19 bits per heavy atom. The summed E-state index contributed by atoms with van der Waals surface area (Å²) in [5.74, 6) is -1.54. The number of carboxylic acids is 1. The lowest BCUT2D eigenvalue weighted by Crippen LogP contribution is -2.45. The van der Waals surface area contributed by atoms with Crippen LogP contribution in [-0.4, -0.2) is 33.9 Å². The van der Waals surface area contributed by atoms with Crippen molar-refractivity contribution >= 4 is 34.4 Å². The summed E-state index contributed by atoms with van der Waals surface area (Å²) in [5, 5.41) is 9.08. The zero-order valence-corrected chi connectivity index (χ0v) is 13.4. The minimum atomic E-state index is -1.08. The van der Waals surface area contributed by atoms with E-state index in [1.54, 1.807) is 0 Å². The molecule has 5 nitrogen and oxygen atoms in total. The number of rotatable bonds is 5. The first kappa shape index (κ1) is 17.2. The van der Waals surface area contributed by atoms with Crippen LogP contribution in [0.3, 0.4) is 0 Å². The number of aryl methyl sites for hydroxylation is 2. The van der Waals surface area contributed by atoms with Crippen LogP contribution >= 0.6 is 11.8 Å². The molecule has 21 heavy (non-hydrogen) atoms. The molecule has 0 radical (unpaired) electrons. The number of thioether (sulfide) groups is 1. The Morgan fingerprint density at radius 1 is 1.24 bits per heavy atom.